The molecule has 0 radical (unpaired) electrons. The molecule has 0 saturated heterocycles. The lowest BCUT2D eigenvalue weighted by atomic mass is 10.2. The van der Waals surface area contributed by atoms with Gasteiger partial charge in [0.1, 0.15) is 26.9 Å². The molecule has 0 aliphatic rings. The second kappa shape index (κ2) is 7.34. The van der Waals surface area contributed by atoms with E-state index in [-0.39, 0.29) is 0 Å². The maximum absolute atomic E-state index is 5.45. The molecule has 1 aromatic carbocycles. The molecule has 4 nitrogen and oxygen atoms in total. The predicted octanol–water partition coefficient (Wildman–Crippen LogP) is 5.73. The molecule has 0 bridgehead atoms. The maximum atomic E-state index is 5.45. The quantitative estimate of drug-likeness (QED) is 0.317. The smallest absolute Gasteiger partial charge is 0.129 e. The third-order valence-electron chi connectivity index (χ3n) is 4.18. The molecule has 3 aromatic heterocycles. The number of fused-ring (bicyclic) bond motifs is 1. The minimum Gasteiger partial charge on any atom is -0.496 e. The van der Waals surface area contributed by atoms with Gasteiger partial charge in [-0.15, -0.1) is 22.7 Å². The van der Waals surface area contributed by atoms with Gasteiger partial charge in [0.2, 0.25) is 0 Å². The van der Waals surface area contributed by atoms with Gasteiger partial charge >= 0.3 is 0 Å². The number of thiophene rings is 1. The molecule has 0 aliphatic heterocycles. The van der Waals surface area contributed by atoms with Gasteiger partial charge < -0.3 is 4.74 Å². The number of rotatable bonds is 5. The number of aryl methyl sites for hydroxylation is 2. The van der Waals surface area contributed by atoms with E-state index in [2.05, 4.69) is 29.2 Å². The van der Waals surface area contributed by atoms with Crippen LogP contribution in [0.3, 0.4) is 0 Å². The summed E-state index contributed by atoms with van der Waals surface area (Å²) in [7, 11) is 1.69. The average Bonchev–Trinajstić information content (AvgIpc) is 3.25. The Morgan fingerprint density at radius 2 is 2.00 bits per heavy atom. The number of para-hydroxylation sites is 1. The van der Waals surface area contributed by atoms with E-state index in [1.807, 2.05) is 24.3 Å². The minimum atomic E-state index is 0.784. The summed E-state index contributed by atoms with van der Waals surface area (Å²) in [6.07, 6.45) is 1.65. The molecule has 0 spiro atoms. The molecule has 132 valence electrons. The Kier molecular flexibility index (Phi) is 4.93. The van der Waals surface area contributed by atoms with Gasteiger partial charge in [0.25, 0.3) is 0 Å². The Hall–Kier alpha value is -1.96. The topological polar surface area (TPSA) is 47.9 Å². The van der Waals surface area contributed by atoms with Crippen molar-refractivity contribution in [2.75, 3.05) is 7.11 Å². The zero-order valence-corrected chi connectivity index (χ0v) is 17.1. The predicted molar refractivity (Wildman–Crippen MR) is 111 cm³/mol. The van der Waals surface area contributed by atoms with E-state index < -0.39 is 0 Å². The second-order valence-electron chi connectivity index (χ2n) is 5.78. The number of thiazole rings is 1. The molecule has 0 aliphatic carbocycles. The molecule has 4 aromatic rings. The summed E-state index contributed by atoms with van der Waals surface area (Å²) in [5, 5.41) is 5.30. The van der Waals surface area contributed by atoms with Crippen LogP contribution in [0.25, 0.3) is 20.8 Å². The van der Waals surface area contributed by atoms with Crippen LogP contribution in [-0.2, 0) is 5.75 Å². The number of nitrogens with zero attached hydrogens (tertiary/aromatic N) is 3. The number of hydrogen-bond donors (Lipinski definition) is 0. The molecule has 26 heavy (non-hydrogen) atoms. The molecule has 0 atom stereocenters. The van der Waals surface area contributed by atoms with Gasteiger partial charge in [-0.05, 0) is 31.5 Å². The zero-order valence-electron chi connectivity index (χ0n) is 14.6. The Labute approximate surface area is 164 Å². The average molecular weight is 400 g/mol. The summed E-state index contributed by atoms with van der Waals surface area (Å²) < 4.78 is 5.45. The van der Waals surface area contributed by atoms with Crippen LogP contribution in [0.4, 0.5) is 0 Å². The number of methoxy groups -OCH3 is 1. The van der Waals surface area contributed by atoms with Gasteiger partial charge in [0.15, 0.2) is 0 Å². The fourth-order valence-electron chi connectivity index (χ4n) is 2.72. The van der Waals surface area contributed by atoms with Crippen molar-refractivity contribution in [1.82, 2.24) is 15.0 Å². The number of hydrogen-bond acceptors (Lipinski definition) is 7. The summed E-state index contributed by atoms with van der Waals surface area (Å²) >= 11 is 5.09. The number of thioether (sulfide) groups is 1. The molecule has 3 heterocycles. The third kappa shape index (κ3) is 3.22. The lowest BCUT2D eigenvalue weighted by Gasteiger charge is -2.04. The largest absolute Gasteiger partial charge is 0.496 e. The minimum absolute atomic E-state index is 0.784. The molecule has 0 N–H and O–H groups in total. The van der Waals surface area contributed by atoms with Crippen LogP contribution >= 0.6 is 34.4 Å². The highest BCUT2D eigenvalue weighted by Gasteiger charge is 2.14. The third-order valence-corrected chi connectivity index (χ3v) is 7.24. The molecular weight excluding hydrogens is 382 g/mol. The van der Waals surface area contributed by atoms with Crippen molar-refractivity contribution < 1.29 is 4.74 Å². The monoisotopic (exact) mass is 399 g/mol. The van der Waals surface area contributed by atoms with Crippen LogP contribution in [0.2, 0.25) is 0 Å². The van der Waals surface area contributed by atoms with Gasteiger partial charge in [0, 0.05) is 21.4 Å². The van der Waals surface area contributed by atoms with E-state index in [1.54, 1.807) is 47.9 Å². The normalized spacial score (nSPS) is 11.2. The highest BCUT2D eigenvalue weighted by Crippen LogP contribution is 2.37. The van der Waals surface area contributed by atoms with Gasteiger partial charge in [-0.2, -0.15) is 0 Å². The van der Waals surface area contributed by atoms with Crippen LogP contribution in [0, 0.1) is 13.8 Å². The lowest BCUT2D eigenvalue weighted by Crippen LogP contribution is -1.89. The van der Waals surface area contributed by atoms with Gasteiger partial charge in [-0.1, -0.05) is 23.9 Å². The molecule has 4 rings (SSSR count). The van der Waals surface area contributed by atoms with E-state index in [9.17, 15) is 0 Å². The maximum Gasteiger partial charge on any atom is 0.129 e. The lowest BCUT2D eigenvalue weighted by molar-refractivity contribution is 0.416. The van der Waals surface area contributed by atoms with Gasteiger partial charge in [-0.3, -0.25) is 0 Å². The van der Waals surface area contributed by atoms with Gasteiger partial charge in [-0.25, -0.2) is 15.0 Å². The van der Waals surface area contributed by atoms with E-state index in [1.165, 1.54) is 15.8 Å². The van der Waals surface area contributed by atoms with Crippen molar-refractivity contribution in [2.45, 2.75) is 24.6 Å². The SMILES string of the molecule is COc1ccccc1-c1nc(CSc2ncnc3sc(C)c(C)c23)cs1. The first-order valence-corrected chi connectivity index (χ1v) is 10.8. The summed E-state index contributed by atoms with van der Waals surface area (Å²) in [6.45, 7) is 4.28. The summed E-state index contributed by atoms with van der Waals surface area (Å²) in [4.78, 5) is 16.1. The van der Waals surface area contributed by atoms with Crippen molar-refractivity contribution >= 4 is 44.7 Å². The molecular formula is C19H17N3OS3. The highest BCUT2D eigenvalue weighted by molar-refractivity contribution is 7.98. The first-order chi connectivity index (χ1) is 12.7. The Morgan fingerprint density at radius 3 is 2.85 bits per heavy atom. The van der Waals surface area contributed by atoms with Gasteiger partial charge in [0.05, 0.1) is 18.4 Å². The number of aromatic nitrogens is 3. The van der Waals surface area contributed by atoms with Crippen LogP contribution in [0.1, 0.15) is 16.1 Å². The van der Waals surface area contributed by atoms with Crippen molar-refractivity contribution in [3.05, 3.63) is 52.1 Å². The number of benzene rings is 1. The van der Waals surface area contributed by atoms with Crippen molar-refractivity contribution in [3.63, 3.8) is 0 Å². The van der Waals surface area contributed by atoms with E-state index in [4.69, 9.17) is 9.72 Å². The summed E-state index contributed by atoms with van der Waals surface area (Å²) in [6, 6.07) is 7.98. The molecule has 0 fully saturated rings. The van der Waals surface area contributed by atoms with Crippen LogP contribution in [0.5, 0.6) is 5.75 Å². The van der Waals surface area contributed by atoms with Crippen LogP contribution < -0.4 is 4.74 Å². The van der Waals surface area contributed by atoms with E-state index >= 15 is 0 Å². The summed E-state index contributed by atoms with van der Waals surface area (Å²) in [5.41, 5.74) is 3.36. The first-order valence-electron chi connectivity index (χ1n) is 8.08. The van der Waals surface area contributed by atoms with Crippen molar-refractivity contribution in [3.8, 4) is 16.3 Å². The highest BCUT2D eigenvalue weighted by atomic mass is 32.2. The number of ether oxygens (including phenoxy) is 1. The van der Waals surface area contributed by atoms with Crippen molar-refractivity contribution in [1.29, 1.82) is 0 Å². The first kappa shape index (κ1) is 17.5. The molecule has 0 saturated carbocycles. The molecule has 0 unspecified atom stereocenters. The molecule has 0 amide bonds. The van der Waals surface area contributed by atoms with E-state index in [0.717, 1.165) is 37.6 Å². The standard InChI is InChI=1S/C19H17N3OS3/c1-11-12(2)26-19-16(11)18(20-10-21-19)25-9-13-8-24-17(22-13)14-6-4-5-7-15(14)23-3/h4-8,10H,9H2,1-3H3. The molecule has 7 heteroatoms. The Balaban J connectivity index is 1.58. The van der Waals surface area contributed by atoms with E-state index in [0.29, 0.717) is 0 Å². The Bertz CT molecular complexity index is 1070. The van der Waals surface area contributed by atoms with Crippen LogP contribution in [-0.4, -0.2) is 22.1 Å². The second-order valence-corrected chi connectivity index (χ2v) is 8.80. The zero-order chi connectivity index (χ0) is 18.1. The fourth-order valence-corrected chi connectivity index (χ4v) is 5.68. The Morgan fingerprint density at radius 1 is 1.15 bits per heavy atom. The van der Waals surface area contributed by atoms with Crippen molar-refractivity contribution in [2.24, 2.45) is 0 Å². The fraction of sp³-hybridized carbons (Fsp3) is 0.211. The van der Waals surface area contributed by atoms with Crippen LogP contribution in [0.15, 0.2) is 41.0 Å². The summed E-state index contributed by atoms with van der Waals surface area (Å²) in [5.74, 6) is 1.63.